The van der Waals surface area contributed by atoms with Gasteiger partial charge in [-0.15, -0.1) is 0 Å². The van der Waals surface area contributed by atoms with Crippen molar-refractivity contribution in [1.82, 2.24) is 8.61 Å². The van der Waals surface area contributed by atoms with Crippen LogP contribution in [0.15, 0.2) is 0 Å². The van der Waals surface area contributed by atoms with Gasteiger partial charge < -0.3 is 9.84 Å². The Morgan fingerprint density at radius 2 is 1.57 bits per heavy atom. The maximum Gasteiger partial charge on any atom is 0.329 e. The van der Waals surface area contributed by atoms with Crippen LogP contribution >= 0.6 is 0 Å². The van der Waals surface area contributed by atoms with Gasteiger partial charge in [0, 0.05) is 26.2 Å². The summed E-state index contributed by atoms with van der Waals surface area (Å²) in [6.45, 7) is 3.83. The van der Waals surface area contributed by atoms with Gasteiger partial charge in [-0.25, -0.2) is 4.79 Å². The summed E-state index contributed by atoms with van der Waals surface area (Å²) in [5.74, 6) is -0.404. The molecule has 2 saturated heterocycles. The lowest BCUT2D eigenvalue weighted by Gasteiger charge is -2.37. The Morgan fingerprint density at radius 3 is 2.05 bits per heavy atom. The molecule has 2 fully saturated rings. The van der Waals surface area contributed by atoms with E-state index in [9.17, 15) is 13.2 Å². The summed E-state index contributed by atoms with van der Waals surface area (Å²) < 4.78 is 33.4. The van der Waals surface area contributed by atoms with Gasteiger partial charge in [0.1, 0.15) is 6.61 Å². The molecule has 0 radical (unpaired) electrons. The average molecular weight is 320 g/mol. The van der Waals surface area contributed by atoms with Crippen molar-refractivity contribution in [2.45, 2.75) is 38.7 Å². The van der Waals surface area contributed by atoms with Crippen molar-refractivity contribution < 1.29 is 23.1 Å². The molecule has 0 aromatic heterocycles. The lowest BCUT2D eigenvalue weighted by atomic mass is 10.0. The molecule has 0 atom stereocenters. The van der Waals surface area contributed by atoms with Gasteiger partial charge in [-0.3, -0.25) is 0 Å². The summed E-state index contributed by atoms with van der Waals surface area (Å²) in [6, 6.07) is 0. The van der Waals surface area contributed by atoms with Crippen LogP contribution in [0.3, 0.4) is 0 Å². The second-order valence-electron chi connectivity index (χ2n) is 5.89. The second-order valence-corrected chi connectivity index (χ2v) is 7.82. The quantitative estimate of drug-likeness (QED) is 0.798. The minimum atomic E-state index is -3.37. The maximum absolute atomic E-state index is 12.5. The van der Waals surface area contributed by atoms with E-state index in [0.29, 0.717) is 44.9 Å². The molecular formula is C13H24N2O5S. The van der Waals surface area contributed by atoms with Gasteiger partial charge in [-0.2, -0.15) is 17.0 Å². The number of rotatable bonds is 5. The Bertz CT molecular complexity index is 451. The average Bonchev–Trinajstić information content (AvgIpc) is 2.46. The number of ether oxygens (including phenoxy) is 1. The first-order valence-electron chi connectivity index (χ1n) is 7.48. The number of hydrogen-bond donors (Lipinski definition) is 1. The fraction of sp³-hybridized carbons (Fsp3) is 0.923. The zero-order valence-electron chi connectivity index (χ0n) is 12.4. The molecule has 0 amide bonds. The molecule has 0 saturated carbocycles. The van der Waals surface area contributed by atoms with Crippen LogP contribution < -0.4 is 0 Å². The van der Waals surface area contributed by atoms with Crippen molar-refractivity contribution in [2.24, 2.45) is 5.92 Å². The molecule has 1 N–H and O–H groups in total. The van der Waals surface area contributed by atoms with Gasteiger partial charge >= 0.3 is 5.97 Å². The highest BCUT2D eigenvalue weighted by Gasteiger charge is 2.34. The number of hydrogen-bond acceptors (Lipinski definition) is 4. The Hall–Kier alpha value is -0.700. The van der Waals surface area contributed by atoms with Crippen LogP contribution in [0.2, 0.25) is 0 Å². The molecule has 0 bridgehead atoms. The van der Waals surface area contributed by atoms with Crippen LogP contribution in [-0.4, -0.2) is 67.0 Å². The lowest BCUT2D eigenvalue weighted by molar-refractivity contribution is -0.145. The molecule has 2 rings (SSSR count). The largest absolute Gasteiger partial charge is 0.480 e. The van der Waals surface area contributed by atoms with Crippen LogP contribution in [0.5, 0.6) is 0 Å². The highest BCUT2D eigenvalue weighted by atomic mass is 32.2. The van der Waals surface area contributed by atoms with Crippen molar-refractivity contribution in [3.63, 3.8) is 0 Å². The van der Waals surface area contributed by atoms with E-state index in [1.807, 2.05) is 0 Å². The summed E-state index contributed by atoms with van der Waals surface area (Å²) in [6.07, 6.45) is 2.77. The van der Waals surface area contributed by atoms with E-state index in [0.717, 1.165) is 12.8 Å². The van der Waals surface area contributed by atoms with E-state index in [1.54, 1.807) is 4.31 Å². The van der Waals surface area contributed by atoms with Gasteiger partial charge in [0.25, 0.3) is 10.2 Å². The minimum absolute atomic E-state index is 0.158. The predicted octanol–water partition coefficient (Wildman–Crippen LogP) is 0.529. The Kier molecular flexibility index (Phi) is 5.59. The van der Waals surface area contributed by atoms with Gasteiger partial charge in [-0.05, 0) is 31.6 Å². The summed E-state index contributed by atoms with van der Waals surface area (Å²) in [7, 11) is -3.37. The lowest BCUT2D eigenvalue weighted by Crippen LogP contribution is -2.50. The van der Waals surface area contributed by atoms with E-state index < -0.39 is 16.2 Å². The first-order chi connectivity index (χ1) is 9.89. The number of carbonyl (C=O) groups is 1. The van der Waals surface area contributed by atoms with Crippen LogP contribution in [0.4, 0.5) is 0 Å². The third kappa shape index (κ3) is 4.38. The Balaban J connectivity index is 1.84. The third-order valence-corrected chi connectivity index (χ3v) is 6.27. The van der Waals surface area contributed by atoms with Crippen LogP contribution in [0.25, 0.3) is 0 Å². The molecule has 2 aliphatic heterocycles. The SMILES string of the molecule is CC1CCN(S(=O)(=O)N2CCC(OCC(=O)O)CC2)CC1. The van der Waals surface area contributed by atoms with E-state index >= 15 is 0 Å². The predicted molar refractivity (Wildman–Crippen MR) is 77.1 cm³/mol. The van der Waals surface area contributed by atoms with Crippen molar-refractivity contribution in [1.29, 1.82) is 0 Å². The smallest absolute Gasteiger partial charge is 0.329 e. The van der Waals surface area contributed by atoms with Crippen molar-refractivity contribution in [3.05, 3.63) is 0 Å². The van der Waals surface area contributed by atoms with Gasteiger partial charge in [-0.1, -0.05) is 6.92 Å². The third-order valence-electron chi connectivity index (χ3n) is 4.24. The second kappa shape index (κ2) is 7.04. The summed E-state index contributed by atoms with van der Waals surface area (Å²) in [4.78, 5) is 10.5. The fourth-order valence-electron chi connectivity index (χ4n) is 2.80. The normalized spacial score (nSPS) is 24.2. The summed E-state index contributed by atoms with van der Waals surface area (Å²) in [5.41, 5.74) is 0. The van der Waals surface area contributed by atoms with Crippen LogP contribution in [0.1, 0.15) is 32.6 Å². The Labute approximate surface area is 126 Å². The minimum Gasteiger partial charge on any atom is -0.480 e. The molecule has 2 heterocycles. The first kappa shape index (κ1) is 16.7. The molecule has 0 aromatic carbocycles. The molecule has 0 unspecified atom stereocenters. The van der Waals surface area contributed by atoms with Gasteiger partial charge in [0.05, 0.1) is 6.10 Å². The molecule has 21 heavy (non-hydrogen) atoms. The van der Waals surface area contributed by atoms with E-state index in [-0.39, 0.29) is 12.7 Å². The van der Waals surface area contributed by atoms with Crippen molar-refractivity contribution >= 4 is 16.2 Å². The molecule has 0 spiro atoms. The zero-order chi connectivity index (χ0) is 15.5. The highest BCUT2D eigenvalue weighted by Crippen LogP contribution is 2.23. The number of carboxylic acids is 1. The van der Waals surface area contributed by atoms with Crippen molar-refractivity contribution in [2.75, 3.05) is 32.8 Å². The fourth-order valence-corrected chi connectivity index (χ4v) is 4.47. The maximum atomic E-state index is 12.5. The highest BCUT2D eigenvalue weighted by molar-refractivity contribution is 7.86. The molecule has 0 aromatic rings. The number of piperidine rings is 2. The van der Waals surface area contributed by atoms with Crippen LogP contribution in [-0.2, 0) is 19.7 Å². The van der Waals surface area contributed by atoms with Crippen LogP contribution in [0, 0.1) is 5.92 Å². The van der Waals surface area contributed by atoms with Gasteiger partial charge in [0.2, 0.25) is 0 Å². The van der Waals surface area contributed by atoms with Gasteiger partial charge in [0.15, 0.2) is 0 Å². The number of aliphatic carboxylic acids is 1. The van der Waals surface area contributed by atoms with Crippen molar-refractivity contribution in [3.8, 4) is 0 Å². The topological polar surface area (TPSA) is 87.2 Å². The molecular weight excluding hydrogens is 296 g/mol. The molecule has 122 valence electrons. The van der Waals surface area contributed by atoms with E-state index in [1.165, 1.54) is 4.31 Å². The molecule has 7 nitrogen and oxygen atoms in total. The Morgan fingerprint density at radius 1 is 1.10 bits per heavy atom. The van der Waals surface area contributed by atoms with E-state index in [2.05, 4.69) is 6.92 Å². The zero-order valence-corrected chi connectivity index (χ0v) is 13.2. The van der Waals surface area contributed by atoms with E-state index in [4.69, 9.17) is 9.84 Å². The standard InChI is InChI=1S/C13H24N2O5S/c1-11-2-6-14(7-3-11)21(18,19)15-8-4-12(5-9-15)20-10-13(16)17/h11-12H,2-10H2,1H3,(H,16,17). The summed E-state index contributed by atoms with van der Waals surface area (Å²) >= 11 is 0. The number of nitrogens with zero attached hydrogens (tertiary/aromatic N) is 2. The molecule has 0 aliphatic carbocycles. The molecule has 8 heteroatoms. The number of carboxylic acid groups (broad SMARTS) is 1. The molecule has 2 aliphatic rings. The first-order valence-corrected chi connectivity index (χ1v) is 8.88. The monoisotopic (exact) mass is 320 g/mol. The summed E-state index contributed by atoms with van der Waals surface area (Å²) in [5, 5.41) is 8.58.